The molecule has 0 spiro atoms. The summed E-state index contributed by atoms with van der Waals surface area (Å²) >= 11 is 1.71. The van der Waals surface area contributed by atoms with Gasteiger partial charge in [-0.1, -0.05) is 12.1 Å². The van der Waals surface area contributed by atoms with Gasteiger partial charge in [0.25, 0.3) is 0 Å². The van der Waals surface area contributed by atoms with Crippen molar-refractivity contribution in [2.45, 2.75) is 19.4 Å². The second kappa shape index (κ2) is 4.75. The Labute approximate surface area is 115 Å². The monoisotopic (exact) mass is 272 g/mol. The average molecular weight is 272 g/mol. The van der Waals surface area contributed by atoms with Gasteiger partial charge in [0.1, 0.15) is 0 Å². The average Bonchev–Trinajstić information content (AvgIpc) is 2.93. The Morgan fingerprint density at radius 1 is 1.37 bits per heavy atom. The normalized spacial score (nSPS) is 13.0. The molecular formula is C14H16N4S. The molecule has 1 aromatic carbocycles. The molecule has 5 heteroatoms. The predicted molar refractivity (Wildman–Crippen MR) is 78.2 cm³/mol. The van der Waals surface area contributed by atoms with E-state index in [1.807, 2.05) is 43.0 Å². The Bertz CT molecular complexity index is 680. The number of aryl methyl sites for hydroxylation is 1. The van der Waals surface area contributed by atoms with Crippen molar-refractivity contribution in [1.29, 1.82) is 0 Å². The molecule has 98 valence electrons. The van der Waals surface area contributed by atoms with Crippen LogP contribution in [0.5, 0.6) is 0 Å². The zero-order chi connectivity index (χ0) is 13.4. The number of hydrogen-bond acceptors (Lipinski definition) is 4. The van der Waals surface area contributed by atoms with E-state index in [2.05, 4.69) is 16.1 Å². The molecule has 2 heterocycles. The molecule has 1 unspecified atom stereocenters. The zero-order valence-electron chi connectivity index (χ0n) is 11.0. The Hall–Kier alpha value is -1.72. The molecule has 0 saturated heterocycles. The van der Waals surface area contributed by atoms with Gasteiger partial charge < -0.3 is 5.73 Å². The van der Waals surface area contributed by atoms with Gasteiger partial charge in [-0.3, -0.25) is 4.68 Å². The predicted octanol–water partition coefficient (Wildman–Crippen LogP) is 2.58. The number of fused-ring (bicyclic) bond motifs is 1. The van der Waals surface area contributed by atoms with Gasteiger partial charge in [0.2, 0.25) is 0 Å². The smallest absolute Gasteiger partial charge is 0.0957 e. The zero-order valence-corrected chi connectivity index (χ0v) is 11.8. The number of rotatable bonds is 3. The summed E-state index contributed by atoms with van der Waals surface area (Å²) < 4.78 is 3.07. The van der Waals surface area contributed by atoms with Gasteiger partial charge in [-0.25, -0.2) is 4.98 Å². The minimum atomic E-state index is -0.0470. The van der Waals surface area contributed by atoms with Crippen molar-refractivity contribution in [2.75, 3.05) is 0 Å². The molecule has 0 saturated carbocycles. The first-order valence-corrected chi connectivity index (χ1v) is 7.05. The van der Waals surface area contributed by atoms with Crippen molar-refractivity contribution in [3.8, 4) is 0 Å². The quantitative estimate of drug-likeness (QED) is 0.797. The number of nitrogens with two attached hydrogens (primary N) is 1. The standard InChI is InChI=1S/C14H16N4S/c1-9-10(8-16-18(9)2)11(15)7-14-17-12-5-3-4-6-13(12)19-14/h3-6,8,11H,7,15H2,1-2H3. The third kappa shape index (κ3) is 2.27. The largest absolute Gasteiger partial charge is 0.323 e. The highest BCUT2D eigenvalue weighted by Gasteiger charge is 2.15. The number of benzene rings is 1. The fourth-order valence-corrected chi connectivity index (χ4v) is 3.21. The van der Waals surface area contributed by atoms with Crippen LogP contribution in [0, 0.1) is 6.92 Å². The third-order valence-electron chi connectivity index (χ3n) is 3.41. The molecule has 0 radical (unpaired) electrons. The van der Waals surface area contributed by atoms with Crippen LogP contribution in [0.15, 0.2) is 30.5 Å². The van der Waals surface area contributed by atoms with Crippen molar-refractivity contribution in [3.63, 3.8) is 0 Å². The summed E-state index contributed by atoms with van der Waals surface area (Å²) in [7, 11) is 1.93. The second-order valence-corrected chi connectivity index (χ2v) is 5.81. The number of thiazole rings is 1. The van der Waals surface area contributed by atoms with Crippen LogP contribution in [-0.4, -0.2) is 14.8 Å². The van der Waals surface area contributed by atoms with Gasteiger partial charge in [0, 0.05) is 30.8 Å². The fraction of sp³-hybridized carbons (Fsp3) is 0.286. The molecule has 19 heavy (non-hydrogen) atoms. The van der Waals surface area contributed by atoms with Crippen molar-refractivity contribution < 1.29 is 0 Å². The SMILES string of the molecule is Cc1c(C(N)Cc2nc3ccccc3s2)cnn1C. The van der Waals surface area contributed by atoms with E-state index >= 15 is 0 Å². The molecule has 0 amide bonds. The Balaban J connectivity index is 1.86. The minimum Gasteiger partial charge on any atom is -0.323 e. The van der Waals surface area contributed by atoms with Gasteiger partial charge in [-0.15, -0.1) is 11.3 Å². The van der Waals surface area contributed by atoms with E-state index in [1.165, 1.54) is 4.70 Å². The molecule has 0 aliphatic heterocycles. The molecule has 3 aromatic rings. The summed E-state index contributed by atoms with van der Waals surface area (Å²) in [5.74, 6) is 0. The number of aromatic nitrogens is 3. The van der Waals surface area contributed by atoms with Crippen LogP contribution in [0.1, 0.15) is 22.3 Å². The first kappa shape index (κ1) is 12.3. The van der Waals surface area contributed by atoms with Crippen molar-refractivity contribution >= 4 is 21.6 Å². The van der Waals surface area contributed by atoms with Gasteiger partial charge >= 0.3 is 0 Å². The van der Waals surface area contributed by atoms with Crippen LogP contribution >= 0.6 is 11.3 Å². The van der Waals surface area contributed by atoms with Gasteiger partial charge in [-0.2, -0.15) is 5.10 Å². The van der Waals surface area contributed by atoms with Crippen LogP contribution in [0.4, 0.5) is 0 Å². The lowest BCUT2D eigenvalue weighted by Gasteiger charge is -2.09. The molecule has 4 nitrogen and oxygen atoms in total. The van der Waals surface area contributed by atoms with Crippen molar-refractivity contribution in [1.82, 2.24) is 14.8 Å². The highest BCUT2D eigenvalue weighted by molar-refractivity contribution is 7.18. The van der Waals surface area contributed by atoms with Crippen LogP contribution in [0.2, 0.25) is 0 Å². The molecule has 2 N–H and O–H groups in total. The molecule has 0 aliphatic carbocycles. The van der Waals surface area contributed by atoms with E-state index in [0.29, 0.717) is 0 Å². The first-order chi connectivity index (χ1) is 9.15. The first-order valence-electron chi connectivity index (χ1n) is 6.23. The molecule has 2 aromatic heterocycles. The lowest BCUT2D eigenvalue weighted by Crippen LogP contribution is -2.14. The van der Waals surface area contributed by atoms with Crippen LogP contribution < -0.4 is 5.73 Å². The van der Waals surface area contributed by atoms with E-state index in [4.69, 9.17) is 5.73 Å². The summed E-state index contributed by atoms with van der Waals surface area (Å²) in [5.41, 5.74) is 9.55. The van der Waals surface area contributed by atoms with Gasteiger partial charge in [0.15, 0.2) is 0 Å². The molecular weight excluding hydrogens is 256 g/mol. The maximum atomic E-state index is 6.28. The Morgan fingerprint density at radius 2 is 2.16 bits per heavy atom. The van der Waals surface area contributed by atoms with Crippen molar-refractivity contribution in [2.24, 2.45) is 12.8 Å². The maximum Gasteiger partial charge on any atom is 0.0957 e. The summed E-state index contributed by atoms with van der Waals surface area (Å²) in [4.78, 5) is 4.63. The second-order valence-electron chi connectivity index (χ2n) is 4.69. The maximum absolute atomic E-state index is 6.28. The van der Waals surface area contributed by atoms with Crippen LogP contribution in [0.25, 0.3) is 10.2 Å². The summed E-state index contributed by atoms with van der Waals surface area (Å²) in [6.45, 7) is 2.04. The topological polar surface area (TPSA) is 56.7 Å². The van der Waals surface area contributed by atoms with E-state index in [-0.39, 0.29) is 6.04 Å². The van der Waals surface area contributed by atoms with E-state index in [9.17, 15) is 0 Å². The van der Waals surface area contributed by atoms with Crippen molar-refractivity contribution in [3.05, 3.63) is 46.7 Å². The number of nitrogens with zero attached hydrogens (tertiary/aromatic N) is 3. The van der Waals surface area contributed by atoms with E-state index in [0.717, 1.165) is 28.2 Å². The van der Waals surface area contributed by atoms with E-state index in [1.54, 1.807) is 11.3 Å². The highest BCUT2D eigenvalue weighted by Crippen LogP contribution is 2.26. The van der Waals surface area contributed by atoms with Crippen LogP contribution in [-0.2, 0) is 13.5 Å². The fourth-order valence-electron chi connectivity index (χ4n) is 2.19. The van der Waals surface area contributed by atoms with E-state index < -0.39 is 0 Å². The number of hydrogen-bond donors (Lipinski definition) is 1. The lowest BCUT2D eigenvalue weighted by atomic mass is 10.1. The highest BCUT2D eigenvalue weighted by atomic mass is 32.1. The van der Waals surface area contributed by atoms with Crippen LogP contribution in [0.3, 0.4) is 0 Å². The Morgan fingerprint density at radius 3 is 2.84 bits per heavy atom. The molecule has 0 aliphatic rings. The molecule has 3 rings (SSSR count). The molecule has 1 atom stereocenters. The summed E-state index contributed by atoms with van der Waals surface area (Å²) in [5, 5.41) is 5.32. The Kier molecular flexibility index (Phi) is 3.08. The van der Waals surface area contributed by atoms with Gasteiger partial charge in [0.05, 0.1) is 21.4 Å². The lowest BCUT2D eigenvalue weighted by molar-refractivity contribution is 0.699. The number of para-hydroxylation sites is 1. The summed E-state index contributed by atoms with van der Waals surface area (Å²) in [6.07, 6.45) is 2.61. The summed E-state index contributed by atoms with van der Waals surface area (Å²) in [6, 6.07) is 8.13. The third-order valence-corrected chi connectivity index (χ3v) is 4.46. The molecule has 0 fully saturated rings. The van der Waals surface area contributed by atoms with Gasteiger partial charge in [-0.05, 0) is 19.1 Å². The molecule has 0 bridgehead atoms. The minimum absolute atomic E-state index is 0.0470.